The Balaban J connectivity index is 0.00000117. The summed E-state index contributed by atoms with van der Waals surface area (Å²) in [5.41, 5.74) is 5.38. The lowest BCUT2D eigenvalue weighted by Crippen LogP contribution is -2.22. The fourth-order valence-corrected chi connectivity index (χ4v) is 6.17. The zero-order chi connectivity index (χ0) is 20.6. The molecule has 4 aromatic carbocycles. The third-order valence-corrected chi connectivity index (χ3v) is 7.42. The zero-order valence-corrected chi connectivity index (χ0v) is 18.7. The van der Waals surface area contributed by atoms with Gasteiger partial charge in [-0.2, -0.15) is 0 Å². The Morgan fingerprint density at radius 2 is 0.966 bits per heavy atom. The predicted octanol–water partition coefficient (Wildman–Crippen LogP) is 6.75. The van der Waals surface area contributed by atoms with E-state index in [9.17, 15) is 0 Å². The van der Waals surface area contributed by atoms with E-state index in [1.807, 2.05) is 13.8 Å². The van der Waals surface area contributed by atoms with Crippen molar-refractivity contribution in [3.05, 3.63) is 114 Å². The molecule has 4 rings (SSSR count). The Morgan fingerprint density at radius 3 is 1.52 bits per heavy atom. The minimum atomic E-state index is -0.619. The van der Waals surface area contributed by atoms with Gasteiger partial charge in [-0.25, -0.2) is 0 Å². The van der Waals surface area contributed by atoms with Crippen molar-refractivity contribution < 1.29 is 0 Å². The standard InChI is InChI=1S/C26H23P.C2H6/c1-20-12-9-10-18-24(20)26-21(2)13-11-19-25(26)27(22-14-5-3-6-15-22)23-16-7-4-8-17-23;1-2/h3-19H,1-2H3;1-2H3. The highest BCUT2D eigenvalue weighted by atomic mass is 31.1. The van der Waals surface area contributed by atoms with Crippen LogP contribution in [0.4, 0.5) is 0 Å². The molecule has 0 heterocycles. The zero-order valence-electron chi connectivity index (χ0n) is 17.8. The summed E-state index contributed by atoms with van der Waals surface area (Å²) in [6.45, 7) is 8.44. The molecule has 0 aliphatic rings. The molecular formula is C28H29P. The van der Waals surface area contributed by atoms with Gasteiger partial charge in [0.1, 0.15) is 0 Å². The van der Waals surface area contributed by atoms with Crippen LogP contribution in [-0.2, 0) is 0 Å². The van der Waals surface area contributed by atoms with Crippen molar-refractivity contribution in [2.45, 2.75) is 27.7 Å². The minimum Gasteiger partial charge on any atom is -0.0683 e. The number of aryl methyl sites for hydroxylation is 2. The quantitative estimate of drug-likeness (QED) is 0.335. The third kappa shape index (κ3) is 4.66. The van der Waals surface area contributed by atoms with Crippen molar-refractivity contribution in [1.82, 2.24) is 0 Å². The molecule has 0 aliphatic heterocycles. The van der Waals surface area contributed by atoms with Gasteiger partial charge < -0.3 is 0 Å². The summed E-state index contributed by atoms with van der Waals surface area (Å²) in [5, 5.41) is 4.20. The Bertz CT molecular complexity index is 997. The summed E-state index contributed by atoms with van der Waals surface area (Å²) >= 11 is 0. The van der Waals surface area contributed by atoms with Crippen LogP contribution in [0.15, 0.2) is 103 Å². The maximum atomic E-state index is 2.32. The number of hydrogen-bond donors (Lipinski definition) is 0. The molecule has 146 valence electrons. The van der Waals surface area contributed by atoms with Gasteiger partial charge in [0.05, 0.1) is 0 Å². The molecule has 0 bridgehead atoms. The molecule has 0 atom stereocenters. The molecule has 29 heavy (non-hydrogen) atoms. The second-order valence-corrected chi connectivity index (χ2v) is 8.98. The van der Waals surface area contributed by atoms with E-state index in [0.717, 1.165) is 0 Å². The molecule has 0 radical (unpaired) electrons. The maximum Gasteiger partial charge on any atom is -0.00684 e. The maximum absolute atomic E-state index is 2.32. The minimum absolute atomic E-state index is 0.619. The molecule has 0 spiro atoms. The Labute approximate surface area is 177 Å². The first-order valence-electron chi connectivity index (χ1n) is 10.3. The van der Waals surface area contributed by atoms with Crippen molar-refractivity contribution in [2.24, 2.45) is 0 Å². The van der Waals surface area contributed by atoms with Gasteiger partial charge in [0.25, 0.3) is 0 Å². The second-order valence-electron chi connectivity index (χ2n) is 6.79. The monoisotopic (exact) mass is 396 g/mol. The van der Waals surface area contributed by atoms with Gasteiger partial charge in [0, 0.05) is 0 Å². The first-order valence-corrected chi connectivity index (χ1v) is 11.7. The van der Waals surface area contributed by atoms with Gasteiger partial charge in [-0.15, -0.1) is 0 Å². The molecule has 0 nitrogen and oxygen atoms in total. The third-order valence-electron chi connectivity index (χ3n) is 4.93. The van der Waals surface area contributed by atoms with Gasteiger partial charge in [0.2, 0.25) is 0 Å². The molecule has 0 unspecified atom stereocenters. The van der Waals surface area contributed by atoms with E-state index < -0.39 is 7.92 Å². The summed E-state index contributed by atoms with van der Waals surface area (Å²) < 4.78 is 0. The van der Waals surface area contributed by atoms with E-state index in [0.29, 0.717) is 0 Å². The van der Waals surface area contributed by atoms with Gasteiger partial charge in [-0.3, -0.25) is 0 Å². The Morgan fingerprint density at radius 1 is 0.483 bits per heavy atom. The van der Waals surface area contributed by atoms with Crippen LogP contribution < -0.4 is 15.9 Å². The summed E-state index contributed by atoms with van der Waals surface area (Å²) in [5.74, 6) is 0. The molecule has 0 saturated carbocycles. The topological polar surface area (TPSA) is 0 Å². The first-order chi connectivity index (χ1) is 14.3. The Kier molecular flexibility index (Phi) is 7.39. The molecular weight excluding hydrogens is 367 g/mol. The second kappa shape index (κ2) is 10.2. The van der Waals surface area contributed by atoms with Gasteiger partial charge in [0.15, 0.2) is 0 Å². The van der Waals surface area contributed by atoms with Gasteiger partial charge >= 0.3 is 0 Å². The van der Waals surface area contributed by atoms with Crippen molar-refractivity contribution in [1.29, 1.82) is 0 Å². The van der Waals surface area contributed by atoms with Crippen LogP contribution in [0.5, 0.6) is 0 Å². The number of rotatable bonds is 4. The normalized spacial score (nSPS) is 10.4. The predicted molar refractivity (Wildman–Crippen MR) is 131 cm³/mol. The molecule has 1 heteroatoms. The Hall–Kier alpha value is -2.69. The molecule has 4 aromatic rings. The largest absolute Gasteiger partial charge is 0.0683 e. The van der Waals surface area contributed by atoms with Crippen LogP contribution in [0.3, 0.4) is 0 Å². The van der Waals surface area contributed by atoms with Crippen molar-refractivity contribution in [3.63, 3.8) is 0 Å². The van der Waals surface area contributed by atoms with Crippen molar-refractivity contribution in [2.75, 3.05) is 0 Å². The molecule has 0 saturated heterocycles. The molecule has 0 N–H and O–H groups in total. The fourth-order valence-electron chi connectivity index (χ4n) is 3.62. The molecule has 0 aliphatic carbocycles. The van der Waals surface area contributed by atoms with Crippen LogP contribution in [0.1, 0.15) is 25.0 Å². The molecule has 0 aromatic heterocycles. The van der Waals surface area contributed by atoms with Crippen molar-refractivity contribution >= 4 is 23.8 Å². The van der Waals surface area contributed by atoms with E-state index in [-0.39, 0.29) is 0 Å². The van der Waals surface area contributed by atoms with Gasteiger partial charge in [-0.05, 0) is 59.9 Å². The highest BCUT2D eigenvalue weighted by Gasteiger charge is 2.21. The van der Waals surface area contributed by atoms with Crippen LogP contribution >= 0.6 is 7.92 Å². The van der Waals surface area contributed by atoms with E-state index in [1.54, 1.807) is 0 Å². The lowest BCUT2D eigenvalue weighted by atomic mass is 9.97. The summed E-state index contributed by atoms with van der Waals surface area (Å²) in [6, 6.07) is 37.3. The van der Waals surface area contributed by atoms with E-state index in [4.69, 9.17) is 0 Å². The van der Waals surface area contributed by atoms with Gasteiger partial charge in [-0.1, -0.05) is 117 Å². The van der Waals surface area contributed by atoms with E-state index in [1.165, 1.54) is 38.2 Å². The van der Waals surface area contributed by atoms with Crippen LogP contribution in [0, 0.1) is 13.8 Å². The summed E-state index contributed by atoms with van der Waals surface area (Å²) in [7, 11) is -0.619. The van der Waals surface area contributed by atoms with Crippen LogP contribution in [-0.4, -0.2) is 0 Å². The van der Waals surface area contributed by atoms with E-state index in [2.05, 4.69) is 117 Å². The van der Waals surface area contributed by atoms with Crippen molar-refractivity contribution in [3.8, 4) is 11.1 Å². The number of benzene rings is 4. The average Bonchev–Trinajstić information content (AvgIpc) is 2.78. The lowest BCUT2D eigenvalue weighted by Gasteiger charge is -2.24. The number of hydrogen-bond acceptors (Lipinski definition) is 0. The highest BCUT2D eigenvalue weighted by molar-refractivity contribution is 7.80. The molecule has 0 amide bonds. The smallest absolute Gasteiger partial charge is 0.00684 e. The summed E-state index contributed by atoms with van der Waals surface area (Å²) in [4.78, 5) is 0. The SMILES string of the molecule is CC.Cc1ccccc1-c1c(C)cccc1P(c1ccccc1)c1ccccc1. The van der Waals surface area contributed by atoms with Crippen LogP contribution in [0.25, 0.3) is 11.1 Å². The summed E-state index contributed by atoms with van der Waals surface area (Å²) in [6.07, 6.45) is 0. The molecule has 0 fully saturated rings. The lowest BCUT2D eigenvalue weighted by molar-refractivity contribution is 1.42. The van der Waals surface area contributed by atoms with E-state index >= 15 is 0 Å². The highest BCUT2D eigenvalue weighted by Crippen LogP contribution is 2.38. The first kappa shape index (κ1) is 21.0. The van der Waals surface area contributed by atoms with Crippen LogP contribution in [0.2, 0.25) is 0 Å². The average molecular weight is 397 g/mol. The fraction of sp³-hybridized carbons (Fsp3) is 0.143.